The Kier molecular flexibility index (Phi) is 57.5. The van der Waals surface area contributed by atoms with Crippen molar-refractivity contribution in [3.63, 3.8) is 0 Å². The molecule has 6 heteroatoms. The van der Waals surface area contributed by atoms with Gasteiger partial charge < -0.3 is 20.3 Å². The Bertz CT molecular complexity index is 1180. The molecule has 0 radical (unpaired) electrons. The van der Waals surface area contributed by atoms with Gasteiger partial charge in [0.1, 0.15) is 0 Å². The monoisotopic (exact) mass is 982 g/mol. The molecular weight excluding hydrogens is 863 g/mol. The number of aliphatic hydroxyl groups is 2. The maximum absolute atomic E-state index is 12.5. The summed E-state index contributed by atoms with van der Waals surface area (Å²) in [5.41, 5.74) is 0. The molecule has 6 nitrogen and oxygen atoms in total. The number of aliphatic hydroxyl groups excluding tert-OH is 2. The van der Waals surface area contributed by atoms with Crippen LogP contribution in [0.3, 0.4) is 0 Å². The lowest BCUT2D eigenvalue weighted by Gasteiger charge is -2.20. The van der Waals surface area contributed by atoms with E-state index in [9.17, 15) is 19.8 Å². The van der Waals surface area contributed by atoms with E-state index in [0.29, 0.717) is 19.4 Å². The summed E-state index contributed by atoms with van der Waals surface area (Å²) in [5, 5.41) is 23.1. The first-order chi connectivity index (χ1) is 34.5. The van der Waals surface area contributed by atoms with Crippen LogP contribution in [0.15, 0.2) is 48.6 Å². The van der Waals surface area contributed by atoms with Crippen molar-refractivity contribution >= 4 is 11.9 Å². The number of allylic oxidation sites excluding steroid dienone is 7. The highest BCUT2D eigenvalue weighted by molar-refractivity contribution is 5.76. The van der Waals surface area contributed by atoms with Gasteiger partial charge in [-0.1, -0.05) is 268 Å². The SMILES string of the molecule is CCCCCC/C=C\C/C=C\CCCCCCCCCC(=O)OCCCCCCCCCCC/C=C\CCCCCCCC(=O)NC(CO)C(O)/C=C/CCCCCCCCCCCCCCCCC. The number of unbranched alkanes of at least 4 members (excludes halogenated alkanes) is 40. The molecule has 1 amide bonds. The third-order valence-corrected chi connectivity index (χ3v) is 14.1. The number of esters is 1. The van der Waals surface area contributed by atoms with Crippen molar-refractivity contribution in [1.82, 2.24) is 5.32 Å². The van der Waals surface area contributed by atoms with E-state index in [1.54, 1.807) is 6.08 Å². The van der Waals surface area contributed by atoms with Crippen LogP contribution in [0.1, 0.15) is 322 Å². The average molecular weight is 983 g/mol. The minimum absolute atomic E-state index is 0.00540. The Morgan fingerprint density at radius 3 is 1.11 bits per heavy atom. The van der Waals surface area contributed by atoms with Crippen molar-refractivity contribution in [3.8, 4) is 0 Å². The summed E-state index contributed by atoms with van der Waals surface area (Å²) in [6.07, 6.45) is 75.7. The zero-order valence-electron chi connectivity index (χ0n) is 46.7. The molecule has 70 heavy (non-hydrogen) atoms. The van der Waals surface area contributed by atoms with Gasteiger partial charge in [0.15, 0.2) is 0 Å². The van der Waals surface area contributed by atoms with E-state index >= 15 is 0 Å². The van der Waals surface area contributed by atoms with E-state index in [1.807, 2.05) is 6.08 Å². The number of rotatable bonds is 57. The van der Waals surface area contributed by atoms with Crippen LogP contribution in [0, 0.1) is 0 Å². The Morgan fingerprint density at radius 1 is 0.400 bits per heavy atom. The first-order valence-electron chi connectivity index (χ1n) is 30.9. The van der Waals surface area contributed by atoms with E-state index in [0.717, 1.165) is 70.6 Å². The Hall–Kier alpha value is -2.18. The van der Waals surface area contributed by atoms with Gasteiger partial charge in [0, 0.05) is 12.8 Å². The molecule has 2 unspecified atom stereocenters. The number of hydrogen-bond acceptors (Lipinski definition) is 5. The van der Waals surface area contributed by atoms with Crippen LogP contribution in [0.4, 0.5) is 0 Å². The zero-order valence-corrected chi connectivity index (χ0v) is 46.7. The molecule has 0 aliphatic heterocycles. The smallest absolute Gasteiger partial charge is 0.305 e. The van der Waals surface area contributed by atoms with E-state index in [1.165, 1.54) is 225 Å². The molecule has 0 fully saturated rings. The minimum Gasteiger partial charge on any atom is -0.466 e. The first kappa shape index (κ1) is 67.8. The fraction of sp³-hybridized carbons (Fsp3) is 0.844. The van der Waals surface area contributed by atoms with Crippen LogP contribution >= 0.6 is 0 Å². The Morgan fingerprint density at radius 2 is 0.714 bits per heavy atom. The van der Waals surface area contributed by atoms with Crippen LogP contribution in [0.25, 0.3) is 0 Å². The van der Waals surface area contributed by atoms with Gasteiger partial charge >= 0.3 is 5.97 Å². The van der Waals surface area contributed by atoms with Gasteiger partial charge in [-0.15, -0.1) is 0 Å². The normalized spacial score (nSPS) is 12.9. The number of hydrogen-bond donors (Lipinski definition) is 3. The van der Waals surface area contributed by atoms with E-state index in [2.05, 4.69) is 55.6 Å². The summed E-state index contributed by atoms with van der Waals surface area (Å²) >= 11 is 0. The van der Waals surface area contributed by atoms with Crippen molar-refractivity contribution in [2.75, 3.05) is 13.2 Å². The summed E-state index contributed by atoms with van der Waals surface area (Å²) in [5.74, 6) is -0.0869. The van der Waals surface area contributed by atoms with Crippen molar-refractivity contribution in [2.24, 2.45) is 0 Å². The molecule has 0 aromatic carbocycles. The van der Waals surface area contributed by atoms with Gasteiger partial charge in [0.25, 0.3) is 0 Å². The third kappa shape index (κ3) is 55.1. The van der Waals surface area contributed by atoms with Gasteiger partial charge in [-0.3, -0.25) is 9.59 Å². The highest BCUT2D eigenvalue weighted by atomic mass is 16.5. The van der Waals surface area contributed by atoms with Gasteiger partial charge in [-0.2, -0.15) is 0 Å². The summed E-state index contributed by atoms with van der Waals surface area (Å²) in [6, 6.07) is -0.639. The molecule has 0 bridgehead atoms. The minimum atomic E-state index is -0.854. The number of carbonyl (C=O) groups is 2. The zero-order chi connectivity index (χ0) is 50.7. The van der Waals surface area contributed by atoms with E-state index < -0.39 is 12.1 Å². The summed E-state index contributed by atoms with van der Waals surface area (Å²) in [6.45, 7) is 4.88. The lowest BCUT2D eigenvalue weighted by Crippen LogP contribution is -2.45. The molecule has 0 spiro atoms. The van der Waals surface area contributed by atoms with E-state index in [-0.39, 0.29) is 18.5 Å². The molecule has 2 atom stereocenters. The van der Waals surface area contributed by atoms with Gasteiger partial charge in [0.05, 0.1) is 25.4 Å². The second-order valence-corrected chi connectivity index (χ2v) is 21.0. The topological polar surface area (TPSA) is 95.9 Å². The maximum Gasteiger partial charge on any atom is 0.305 e. The number of nitrogens with one attached hydrogen (secondary N) is 1. The highest BCUT2D eigenvalue weighted by Crippen LogP contribution is 2.16. The molecule has 0 rings (SSSR count). The lowest BCUT2D eigenvalue weighted by atomic mass is 10.0. The number of ether oxygens (including phenoxy) is 1. The lowest BCUT2D eigenvalue weighted by molar-refractivity contribution is -0.143. The average Bonchev–Trinajstić information content (AvgIpc) is 3.36. The maximum atomic E-state index is 12.5. The quantitative estimate of drug-likeness (QED) is 0.0321. The molecule has 0 aliphatic rings. The largest absolute Gasteiger partial charge is 0.466 e. The molecular formula is C64H119NO5. The predicted octanol–water partition coefficient (Wildman–Crippen LogP) is 19.4. The predicted molar refractivity (Wildman–Crippen MR) is 306 cm³/mol. The molecule has 0 saturated carbocycles. The first-order valence-corrected chi connectivity index (χ1v) is 30.9. The molecule has 410 valence electrons. The molecule has 0 aliphatic carbocycles. The summed E-state index contributed by atoms with van der Waals surface area (Å²) in [4.78, 5) is 24.6. The van der Waals surface area contributed by atoms with Gasteiger partial charge in [0.2, 0.25) is 5.91 Å². The highest BCUT2D eigenvalue weighted by Gasteiger charge is 2.18. The fourth-order valence-electron chi connectivity index (χ4n) is 9.31. The third-order valence-electron chi connectivity index (χ3n) is 14.1. The van der Waals surface area contributed by atoms with Gasteiger partial charge in [-0.25, -0.2) is 0 Å². The van der Waals surface area contributed by atoms with Crippen LogP contribution in [0.2, 0.25) is 0 Å². The Balaban J connectivity index is 3.48. The molecule has 3 N–H and O–H groups in total. The van der Waals surface area contributed by atoms with Crippen LogP contribution in [-0.4, -0.2) is 47.4 Å². The van der Waals surface area contributed by atoms with Gasteiger partial charge in [-0.05, 0) is 89.9 Å². The molecule has 0 aromatic rings. The van der Waals surface area contributed by atoms with Crippen molar-refractivity contribution in [3.05, 3.63) is 48.6 Å². The standard InChI is InChI=1S/C64H119NO5/c1-3-5-7-9-11-13-15-17-19-21-26-30-34-38-42-46-50-54-58-64(69)70-59-55-51-47-43-39-35-31-27-23-22-25-29-33-37-41-45-49-53-57-63(68)65-61(60-66)62(67)56-52-48-44-40-36-32-28-24-20-18-16-14-12-10-8-6-4-2/h13,15,19,21,25,29,52,56,61-62,66-67H,3-12,14,16-18,20,22-24,26-28,30-51,53-55,57-60H2,1-2H3,(H,65,68)/b15-13-,21-19-,29-25-,56-52+. The number of carbonyl (C=O) groups excluding carboxylic acids is 2. The molecule has 0 heterocycles. The van der Waals surface area contributed by atoms with Crippen molar-refractivity contribution < 1.29 is 24.5 Å². The second kappa shape index (κ2) is 59.4. The summed E-state index contributed by atoms with van der Waals surface area (Å²) in [7, 11) is 0. The Labute approximate surface area is 436 Å². The van der Waals surface area contributed by atoms with E-state index in [4.69, 9.17) is 4.74 Å². The van der Waals surface area contributed by atoms with Crippen LogP contribution in [-0.2, 0) is 14.3 Å². The van der Waals surface area contributed by atoms with Crippen molar-refractivity contribution in [2.45, 2.75) is 334 Å². The van der Waals surface area contributed by atoms with Crippen LogP contribution < -0.4 is 5.32 Å². The second-order valence-electron chi connectivity index (χ2n) is 21.0. The van der Waals surface area contributed by atoms with Crippen LogP contribution in [0.5, 0.6) is 0 Å². The molecule has 0 saturated heterocycles. The summed E-state index contributed by atoms with van der Waals surface area (Å²) < 4.78 is 5.48. The van der Waals surface area contributed by atoms with Crippen molar-refractivity contribution in [1.29, 1.82) is 0 Å². The fourth-order valence-corrected chi connectivity index (χ4v) is 9.31. The number of amides is 1. The molecule has 0 aromatic heterocycles.